The topological polar surface area (TPSA) is 60.3 Å². The van der Waals surface area contributed by atoms with E-state index in [9.17, 15) is 4.79 Å². The standard InChI is InChI=1S/C20H21N3O2/c1-3-23-17-9-8-15(25-2)12-16(17)18(21)19(23)13-4-6-14(7-5-13)20(24)22-10-11-22/h4-9,12H,3,10-11,21H2,1-2H3. The van der Waals surface area contributed by atoms with Gasteiger partial charge in [0.05, 0.1) is 24.0 Å². The molecule has 1 aliphatic rings. The number of ether oxygens (including phenoxy) is 1. The Balaban J connectivity index is 1.82. The number of rotatable bonds is 4. The molecule has 1 amide bonds. The Morgan fingerprint density at radius 3 is 2.48 bits per heavy atom. The maximum Gasteiger partial charge on any atom is 0.253 e. The highest BCUT2D eigenvalue weighted by molar-refractivity contribution is 6.02. The Bertz CT molecular complexity index is 953. The van der Waals surface area contributed by atoms with Crippen LogP contribution in [0.25, 0.3) is 22.2 Å². The average molecular weight is 335 g/mol. The maximum atomic E-state index is 12.1. The number of nitrogens with two attached hydrogens (primary N) is 1. The van der Waals surface area contributed by atoms with E-state index in [1.54, 1.807) is 7.11 Å². The number of amides is 1. The van der Waals surface area contributed by atoms with E-state index in [0.717, 1.165) is 58.8 Å². The van der Waals surface area contributed by atoms with Crippen LogP contribution in [-0.2, 0) is 6.54 Å². The first-order valence-corrected chi connectivity index (χ1v) is 8.49. The molecule has 3 aromatic rings. The number of aryl methyl sites for hydroxylation is 1. The monoisotopic (exact) mass is 335 g/mol. The Morgan fingerprint density at radius 2 is 1.88 bits per heavy atom. The summed E-state index contributed by atoms with van der Waals surface area (Å²) >= 11 is 0. The SMILES string of the molecule is CCn1c(-c2ccc(C(=O)N3CC3)cc2)c(N)c2cc(OC)ccc21. The van der Waals surface area contributed by atoms with E-state index < -0.39 is 0 Å². The van der Waals surface area contributed by atoms with Gasteiger partial charge < -0.3 is 19.9 Å². The van der Waals surface area contributed by atoms with E-state index >= 15 is 0 Å². The van der Waals surface area contributed by atoms with Crippen LogP contribution in [0.4, 0.5) is 5.69 Å². The van der Waals surface area contributed by atoms with Gasteiger partial charge in [-0.1, -0.05) is 12.1 Å². The number of aromatic nitrogens is 1. The minimum absolute atomic E-state index is 0.0975. The van der Waals surface area contributed by atoms with Gasteiger partial charge in [0, 0.05) is 36.1 Å². The van der Waals surface area contributed by atoms with Crippen LogP contribution in [0.5, 0.6) is 5.75 Å². The van der Waals surface area contributed by atoms with Crippen LogP contribution in [0.3, 0.4) is 0 Å². The third-order valence-corrected chi connectivity index (χ3v) is 4.77. The third-order valence-electron chi connectivity index (χ3n) is 4.77. The normalized spacial score (nSPS) is 13.3. The van der Waals surface area contributed by atoms with Crippen molar-refractivity contribution in [3.63, 3.8) is 0 Å². The summed E-state index contributed by atoms with van der Waals surface area (Å²) in [5, 5.41) is 0.987. The Morgan fingerprint density at radius 1 is 1.16 bits per heavy atom. The summed E-state index contributed by atoms with van der Waals surface area (Å²) in [5.74, 6) is 0.888. The number of methoxy groups -OCH3 is 1. The first-order valence-electron chi connectivity index (χ1n) is 8.49. The molecule has 2 heterocycles. The highest BCUT2D eigenvalue weighted by Gasteiger charge is 2.25. The van der Waals surface area contributed by atoms with E-state index in [2.05, 4.69) is 11.5 Å². The third kappa shape index (κ3) is 2.52. The molecule has 1 aliphatic heterocycles. The van der Waals surface area contributed by atoms with Crippen LogP contribution in [0, 0.1) is 0 Å². The number of carbonyl (C=O) groups excluding carboxylic acids is 1. The first kappa shape index (κ1) is 15.6. The van der Waals surface area contributed by atoms with Crippen LogP contribution in [0.15, 0.2) is 42.5 Å². The van der Waals surface area contributed by atoms with Crippen molar-refractivity contribution in [2.24, 2.45) is 0 Å². The molecule has 0 spiro atoms. The van der Waals surface area contributed by atoms with E-state index in [1.165, 1.54) is 0 Å². The summed E-state index contributed by atoms with van der Waals surface area (Å²) in [7, 11) is 1.65. The molecule has 0 radical (unpaired) electrons. The second-order valence-electron chi connectivity index (χ2n) is 6.26. The minimum atomic E-state index is 0.0975. The summed E-state index contributed by atoms with van der Waals surface area (Å²) in [6.45, 7) is 4.63. The Labute approximate surface area is 146 Å². The zero-order valence-corrected chi connectivity index (χ0v) is 14.5. The van der Waals surface area contributed by atoms with E-state index in [0.29, 0.717) is 0 Å². The molecular formula is C20H21N3O2. The van der Waals surface area contributed by atoms with Gasteiger partial charge in [0.25, 0.3) is 5.91 Å². The van der Waals surface area contributed by atoms with Crippen molar-refractivity contribution >= 4 is 22.5 Å². The van der Waals surface area contributed by atoms with Crippen LogP contribution in [0.1, 0.15) is 17.3 Å². The molecule has 2 aromatic carbocycles. The van der Waals surface area contributed by atoms with Crippen molar-refractivity contribution in [3.8, 4) is 17.0 Å². The second-order valence-corrected chi connectivity index (χ2v) is 6.26. The number of nitrogens with zero attached hydrogens (tertiary/aromatic N) is 2. The van der Waals surface area contributed by atoms with Gasteiger partial charge in [0.1, 0.15) is 5.75 Å². The molecule has 1 saturated heterocycles. The molecule has 128 valence electrons. The lowest BCUT2D eigenvalue weighted by atomic mass is 10.1. The maximum absolute atomic E-state index is 12.1. The van der Waals surface area contributed by atoms with Crippen molar-refractivity contribution in [2.75, 3.05) is 25.9 Å². The molecule has 0 unspecified atom stereocenters. The van der Waals surface area contributed by atoms with Crippen LogP contribution < -0.4 is 10.5 Å². The molecule has 25 heavy (non-hydrogen) atoms. The largest absolute Gasteiger partial charge is 0.497 e. The lowest BCUT2D eigenvalue weighted by Gasteiger charge is -2.10. The van der Waals surface area contributed by atoms with Crippen molar-refractivity contribution < 1.29 is 9.53 Å². The lowest BCUT2D eigenvalue weighted by molar-refractivity contribution is 0.0885. The number of nitrogen functional groups attached to an aromatic ring is 1. The summed E-state index contributed by atoms with van der Waals surface area (Å²) in [4.78, 5) is 14.0. The van der Waals surface area contributed by atoms with Crippen molar-refractivity contribution in [1.29, 1.82) is 0 Å². The number of carbonyl (C=O) groups is 1. The molecule has 4 rings (SSSR count). The molecule has 1 aromatic heterocycles. The van der Waals surface area contributed by atoms with Crippen molar-refractivity contribution in [3.05, 3.63) is 48.0 Å². The van der Waals surface area contributed by atoms with Gasteiger partial charge in [0.2, 0.25) is 0 Å². The van der Waals surface area contributed by atoms with E-state index in [1.807, 2.05) is 47.4 Å². The highest BCUT2D eigenvalue weighted by Crippen LogP contribution is 2.37. The summed E-state index contributed by atoms with van der Waals surface area (Å²) in [6.07, 6.45) is 0. The average Bonchev–Trinajstić information content (AvgIpc) is 3.46. The van der Waals surface area contributed by atoms with Crippen molar-refractivity contribution in [1.82, 2.24) is 9.47 Å². The van der Waals surface area contributed by atoms with Gasteiger partial charge in [-0.3, -0.25) is 4.79 Å². The van der Waals surface area contributed by atoms with Crippen LogP contribution in [-0.4, -0.2) is 35.6 Å². The quantitative estimate of drug-likeness (QED) is 0.744. The second kappa shape index (κ2) is 5.84. The van der Waals surface area contributed by atoms with Gasteiger partial charge in [-0.05, 0) is 37.3 Å². The van der Waals surface area contributed by atoms with Crippen LogP contribution >= 0.6 is 0 Å². The Hall–Kier alpha value is -2.95. The molecule has 5 nitrogen and oxygen atoms in total. The van der Waals surface area contributed by atoms with Gasteiger partial charge >= 0.3 is 0 Å². The minimum Gasteiger partial charge on any atom is -0.497 e. The first-order chi connectivity index (χ1) is 12.1. The number of benzene rings is 2. The lowest BCUT2D eigenvalue weighted by Crippen LogP contribution is -2.10. The molecular weight excluding hydrogens is 314 g/mol. The fraction of sp³-hybridized carbons (Fsp3) is 0.250. The number of fused-ring (bicyclic) bond motifs is 1. The summed E-state index contributed by atoms with van der Waals surface area (Å²) in [5.41, 5.74) is 11.0. The van der Waals surface area contributed by atoms with Crippen molar-refractivity contribution in [2.45, 2.75) is 13.5 Å². The van der Waals surface area contributed by atoms with Gasteiger partial charge in [-0.15, -0.1) is 0 Å². The van der Waals surface area contributed by atoms with Gasteiger partial charge in [-0.25, -0.2) is 0 Å². The fourth-order valence-electron chi connectivity index (χ4n) is 3.33. The van der Waals surface area contributed by atoms with E-state index in [-0.39, 0.29) is 5.91 Å². The van der Waals surface area contributed by atoms with Gasteiger partial charge in [-0.2, -0.15) is 0 Å². The summed E-state index contributed by atoms with van der Waals surface area (Å²) in [6, 6.07) is 13.7. The van der Waals surface area contributed by atoms with Crippen LogP contribution in [0.2, 0.25) is 0 Å². The predicted molar refractivity (Wildman–Crippen MR) is 99.9 cm³/mol. The predicted octanol–water partition coefficient (Wildman–Crippen LogP) is 3.37. The molecule has 1 fully saturated rings. The molecule has 0 saturated carbocycles. The molecule has 0 atom stereocenters. The van der Waals surface area contributed by atoms with E-state index in [4.69, 9.17) is 10.5 Å². The van der Waals surface area contributed by atoms with Gasteiger partial charge in [0.15, 0.2) is 0 Å². The molecule has 5 heteroatoms. The molecule has 2 N–H and O–H groups in total. The number of hydrogen-bond acceptors (Lipinski definition) is 3. The Kier molecular flexibility index (Phi) is 3.64. The molecule has 0 bridgehead atoms. The zero-order chi connectivity index (χ0) is 17.6. The zero-order valence-electron chi connectivity index (χ0n) is 14.5. The molecule has 0 aliphatic carbocycles. The number of anilines is 1. The number of hydrogen-bond donors (Lipinski definition) is 1. The smallest absolute Gasteiger partial charge is 0.253 e. The summed E-state index contributed by atoms with van der Waals surface area (Å²) < 4.78 is 7.53. The highest BCUT2D eigenvalue weighted by atomic mass is 16.5. The fourth-order valence-corrected chi connectivity index (χ4v) is 3.33.